The van der Waals surface area contributed by atoms with Crippen molar-refractivity contribution in [2.75, 3.05) is 6.54 Å². The van der Waals surface area contributed by atoms with Crippen LogP contribution in [-0.4, -0.2) is 33.1 Å². The summed E-state index contributed by atoms with van der Waals surface area (Å²) in [6, 6.07) is 4.06. The van der Waals surface area contributed by atoms with E-state index in [1.54, 1.807) is 0 Å². The Kier molecular flexibility index (Phi) is 3.89. The molecule has 1 fully saturated rings. The lowest BCUT2D eigenvalue weighted by Gasteiger charge is -2.28. The van der Waals surface area contributed by atoms with E-state index in [4.69, 9.17) is 4.74 Å². The third-order valence-corrected chi connectivity index (χ3v) is 4.16. The number of ether oxygens (including phenoxy) is 1. The van der Waals surface area contributed by atoms with Crippen molar-refractivity contribution in [3.8, 4) is 0 Å². The maximum atomic E-state index is 12.4. The maximum absolute atomic E-state index is 12.4. The largest absolute Gasteiger partial charge is 0.444 e. The number of pyridine rings is 1. The SMILES string of the molecule is CC(C)(C)OC(=O)N1CCC[C@@H]1c1cc2cnc(Br)cc2[nH]1. The zero-order chi connectivity index (χ0) is 15.9. The number of halogens is 1. The van der Waals surface area contributed by atoms with Crippen LogP contribution in [0.1, 0.15) is 45.3 Å². The summed E-state index contributed by atoms with van der Waals surface area (Å²) in [5, 5.41) is 1.05. The monoisotopic (exact) mass is 365 g/mol. The Labute approximate surface area is 138 Å². The Morgan fingerprint density at radius 2 is 2.23 bits per heavy atom. The van der Waals surface area contributed by atoms with Gasteiger partial charge in [0.1, 0.15) is 10.2 Å². The highest BCUT2D eigenvalue weighted by atomic mass is 79.9. The first kappa shape index (κ1) is 15.3. The van der Waals surface area contributed by atoms with Gasteiger partial charge in [-0.05, 0) is 61.7 Å². The second kappa shape index (κ2) is 5.57. The average molecular weight is 366 g/mol. The molecule has 1 saturated heterocycles. The molecule has 1 atom stereocenters. The van der Waals surface area contributed by atoms with Gasteiger partial charge in [0.25, 0.3) is 0 Å². The third-order valence-electron chi connectivity index (χ3n) is 3.73. The smallest absolute Gasteiger partial charge is 0.410 e. The Morgan fingerprint density at radius 3 is 2.95 bits per heavy atom. The molecule has 0 spiro atoms. The minimum absolute atomic E-state index is 0.0426. The number of hydrogen-bond donors (Lipinski definition) is 1. The van der Waals surface area contributed by atoms with Crippen LogP contribution in [0.25, 0.3) is 10.9 Å². The van der Waals surface area contributed by atoms with Crippen molar-refractivity contribution in [2.45, 2.75) is 45.3 Å². The topological polar surface area (TPSA) is 58.2 Å². The number of rotatable bonds is 1. The van der Waals surface area contributed by atoms with Gasteiger partial charge in [0.15, 0.2) is 0 Å². The highest BCUT2D eigenvalue weighted by Gasteiger charge is 2.33. The van der Waals surface area contributed by atoms with Gasteiger partial charge >= 0.3 is 6.09 Å². The molecule has 2 aromatic heterocycles. The minimum Gasteiger partial charge on any atom is -0.444 e. The van der Waals surface area contributed by atoms with E-state index in [2.05, 4.69) is 32.0 Å². The zero-order valence-corrected chi connectivity index (χ0v) is 14.6. The van der Waals surface area contributed by atoms with Gasteiger partial charge in [-0.2, -0.15) is 0 Å². The molecule has 0 radical (unpaired) electrons. The van der Waals surface area contributed by atoms with Crippen LogP contribution in [0.3, 0.4) is 0 Å². The summed E-state index contributed by atoms with van der Waals surface area (Å²) < 4.78 is 6.32. The van der Waals surface area contributed by atoms with E-state index in [1.807, 2.05) is 37.9 Å². The maximum Gasteiger partial charge on any atom is 0.410 e. The molecule has 1 amide bonds. The number of aromatic amines is 1. The molecule has 3 rings (SSSR count). The number of nitrogens with zero attached hydrogens (tertiary/aromatic N) is 2. The molecule has 1 aliphatic rings. The van der Waals surface area contributed by atoms with Crippen molar-refractivity contribution in [1.82, 2.24) is 14.9 Å². The number of amides is 1. The highest BCUT2D eigenvalue weighted by Crippen LogP contribution is 2.34. The molecule has 2 aromatic rings. The number of fused-ring (bicyclic) bond motifs is 1. The highest BCUT2D eigenvalue weighted by molar-refractivity contribution is 9.10. The van der Waals surface area contributed by atoms with Gasteiger partial charge in [-0.3, -0.25) is 4.90 Å². The number of carbonyl (C=O) groups is 1. The molecular formula is C16H20BrN3O2. The number of nitrogens with one attached hydrogen (secondary N) is 1. The Balaban J connectivity index is 1.86. The summed E-state index contributed by atoms with van der Waals surface area (Å²) in [5.41, 5.74) is 1.59. The van der Waals surface area contributed by atoms with Crippen molar-refractivity contribution in [3.63, 3.8) is 0 Å². The lowest BCUT2D eigenvalue weighted by Crippen LogP contribution is -2.36. The van der Waals surface area contributed by atoms with Gasteiger partial charge in [0.05, 0.1) is 6.04 Å². The Morgan fingerprint density at radius 1 is 1.45 bits per heavy atom. The summed E-state index contributed by atoms with van der Waals surface area (Å²) in [4.78, 5) is 21.8. The van der Waals surface area contributed by atoms with Crippen LogP contribution in [0, 0.1) is 0 Å². The Hall–Kier alpha value is -1.56. The van der Waals surface area contributed by atoms with E-state index in [9.17, 15) is 4.79 Å². The molecule has 1 aliphatic heterocycles. The van der Waals surface area contributed by atoms with Crippen molar-refractivity contribution < 1.29 is 9.53 Å². The zero-order valence-electron chi connectivity index (χ0n) is 13.0. The molecule has 0 saturated carbocycles. The fourth-order valence-electron chi connectivity index (χ4n) is 2.83. The number of likely N-dealkylation sites (tertiary alicyclic amines) is 1. The van der Waals surface area contributed by atoms with E-state index in [-0.39, 0.29) is 12.1 Å². The minimum atomic E-state index is -0.473. The predicted molar refractivity (Wildman–Crippen MR) is 88.7 cm³/mol. The van der Waals surface area contributed by atoms with Crippen LogP contribution in [0.4, 0.5) is 4.79 Å². The number of H-pyrrole nitrogens is 1. The average Bonchev–Trinajstić information content (AvgIpc) is 3.01. The van der Waals surface area contributed by atoms with Crippen LogP contribution in [0.5, 0.6) is 0 Å². The molecule has 3 heterocycles. The van der Waals surface area contributed by atoms with Gasteiger partial charge < -0.3 is 9.72 Å². The van der Waals surface area contributed by atoms with Gasteiger partial charge in [0, 0.05) is 29.3 Å². The molecule has 0 bridgehead atoms. The van der Waals surface area contributed by atoms with Crippen molar-refractivity contribution in [1.29, 1.82) is 0 Å². The molecule has 0 aromatic carbocycles. The first-order valence-corrected chi connectivity index (χ1v) is 8.26. The molecule has 1 N–H and O–H groups in total. The normalized spacial score (nSPS) is 18.9. The molecule has 5 nitrogen and oxygen atoms in total. The van der Waals surface area contributed by atoms with Gasteiger partial charge in [-0.1, -0.05) is 0 Å². The first-order valence-electron chi connectivity index (χ1n) is 7.47. The third kappa shape index (κ3) is 3.11. The van der Waals surface area contributed by atoms with Crippen LogP contribution in [-0.2, 0) is 4.74 Å². The molecule has 6 heteroatoms. The van der Waals surface area contributed by atoms with Crippen LogP contribution >= 0.6 is 15.9 Å². The van der Waals surface area contributed by atoms with Crippen molar-refractivity contribution in [3.05, 3.63) is 28.6 Å². The van der Waals surface area contributed by atoms with Crippen LogP contribution in [0.2, 0.25) is 0 Å². The fourth-order valence-corrected chi connectivity index (χ4v) is 3.16. The second-order valence-corrected chi connectivity index (χ2v) is 7.46. The van der Waals surface area contributed by atoms with Crippen molar-refractivity contribution in [2.24, 2.45) is 0 Å². The van der Waals surface area contributed by atoms with E-state index in [0.29, 0.717) is 0 Å². The van der Waals surface area contributed by atoms with Gasteiger partial charge in [-0.15, -0.1) is 0 Å². The van der Waals surface area contributed by atoms with Crippen molar-refractivity contribution >= 4 is 32.9 Å². The molecule has 118 valence electrons. The van der Waals surface area contributed by atoms with E-state index >= 15 is 0 Å². The quantitative estimate of drug-likeness (QED) is 0.762. The molecular weight excluding hydrogens is 346 g/mol. The fraction of sp³-hybridized carbons (Fsp3) is 0.500. The van der Waals surface area contributed by atoms with E-state index < -0.39 is 5.60 Å². The summed E-state index contributed by atoms with van der Waals surface area (Å²) in [6.07, 6.45) is 3.52. The molecule has 0 unspecified atom stereocenters. The first-order chi connectivity index (χ1) is 10.3. The van der Waals surface area contributed by atoms with Gasteiger partial charge in [0.2, 0.25) is 0 Å². The van der Waals surface area contributed by atoms with Crippen LogP contribution < -0.4 is 0 Å². The van der Waals surface area contributed by atoms with Gasteiger partial charge in [-0.25, -0.2) is 9.78 Å². The van der Waals surface area contributed by atoms with E-state index in [0.717, 1.165) is 40.6 Å². The predicted octanol–water partition coefficient (Wildman–Crippen LogP) is 4.40. The number of hydrogen-bond acceptors (Lipinski definition) is 3. The summed E-state index contributed by atoms with van der Waals surface area (Å²) in [7, 11) is 0. The summed E-state index contributed by atoms with van der Waals surface area (Å²) in [6.45, 7) is 6.41. The summed E-state index contributed by atoms with van der Waals surface area (Å²) >= 11 is 3.38. The molecule has 22 heavy (non-hydrogen) atoms. The Bertz CT molecular complexity index is 705. The molecule has 0 aliphatic carbocycles. The number of carbonyl (C=O) groups excluding carboxylic acids is 1. The standard InChI is InChI=1S/C16H20BrN3O2/c1-16(2,3)22-15(21)20-6-4-5-13(20)12-7-10-9-18-14(17)8-11(10)19-12/h7-9,13,19H,4-6H2,1-3H3/t13-/m1/s1. The summed E-state index contributed by atoms with van der Waals surface area (Å²) in [5.74, 6) is 0. The second-order valence-electron chi connectivity index (χ2n) is 6.65. The number of aromatic nitrogens is 2. The van der Waals surface area contributed by atoms with E-state index in [1.165, 1.54) is 0 Å². The lowest BCUT2D eigenvalue weighted by atomic mass is 10.1. The van der Waals surface area contributed by atoms with Crippen LogP contribution in [0.15, 0.2) is 22.9 Å². The lowest BCUT2D eigenvalue weighted by molar-refractivity contribution is 0.0222.